The van der Waals surface area contributed by atoms with Crippen LogP contribution in [0.5, 0.6) is 0 Å². The van der Waals surface area contributed by atoms with E-state index in [9.17, 15) is 9.18 Å². The predicted octanol–water partition coefficient (Wildman–Crippen LogP) is 1.78. The van der Waals surface area contributed by atoms with Crippen molar-refractivity contribution in [3.8, 4) is 0 Å². The summed E-state index contributed by atoms with van der Waals surface area (Å²) >= 11 is 0. The Bertz CT molecular complexity index is 407. The van der Waals surface area contributed by atoms with Crippen LogP contribution in [-0.4, -0.2) is 19.0 Å². The van der Waals surface area contributed by atoms with Gasteiger partial charge in [0.25, 0.3) is 0 Å². The Labute approximate surface area is 108 Å². The Kier molecular flexibility index (Phi) is 5.78. The minimum Gasteiger partial charge on any atom is -0.356 e. The van der Waals surface area contributed by atoms with E-state index in [2.05, 4.69) is 5.32 Å². The molecule has 0 spiro atoms. The first-order valence-corrected chi connectivity index (χ1v) is 6.31. The van der Waals surface area contributed by atoms with Gasteiger partial charge in [0.1, 0.15) is 5.82 Å². The molecule has 100 valence electrons. The van der Waals surface area contributed by atoms with Gasteiger partial charge < -0.3 is 11.1 Å². The van der Waals surface area contributed by atoms with Gasteiger partial charge in [-0.15, -0.1) is 0 Å². The number of hydrogen-bond acceptors (Lipinski definition) is 2. The topological polar surface area (TPSA) is 55.1 Å². The third kappa shape index (κ3) is 4.11. The number of carbonyl (C=O) groups excluding carboxylic acids is 1. The van der Waals surface area contributed by atoms with Crippen molar-refractivity contribution < 1.29 is 9.18 Å². The molecule has 1 rings (SSSR count). The van der Waals surface area contributed by atoms with Gasteiger partial charge in [-0.1, -0.05) is 24.6 Å². The van der Waals surface area contributed by atoms with Crippen LogP contribution in [0.4, 0.5) is 4.39 Å². The number of nitrogens with one attached hydrogen (secondary N) is 1. The first-order valence-electron chi connectivity index (χ1n) is 6.31. The van der Waals surface area contributed by atoms with E-state index in [1.54, 1.807) is 12.1 Å². The summed E-state index contributed by atoms with van der Waals surface area (Å²) in [5.74, 6) is -0.740. The minimum absolute atomic E-state index is 0.0970. The number of nitrogens with two attached hydrogens (primary N) is 1. The number of rotatable bonds is 6. The van der Waals surface area contributed by atoms with Gasteiger partial charge in [0.05, 0.1) is 5.92 Å². The molecule has 4 heteroatoms. The molecule has 0 aliphatic heterocycles. The molecular weight excluding hydrogens is 231 g/mol. The molecule has 0 saturated heterocycles. The van der Waals surface area contributed by atoms with Crippen molar-refractivity contribution in [1.29, 1.82) is 0 Å². The van der Waals surface area contributed by atoms with Crippen LogP contribution in [0.15, 0.2) is 18.2 Å². The summed E-state index contributed by atoms with van der Waals surface area (Å²) in [5, 5.41) is 2.80. The van der Waals surface area contributed by atoms with Crippen molar-refractivity contribution in [1.82, 2.24) is 5.32 Å². The number of benzene rings is 1. The van der Waals surface area contributed by atoms with E-state index in [0.717, 1.165) is 12.0 Å². The highest BCUT2D eigenvalue weighted by molar-refractivity contribution is 5.79. The van der Waals surface area contributed by atoms with Crippen molar-refractivity contribution in [2.75, 3.05) is 13.1 Å². The molecule has 3 nitrogen and oxygen atoms in total. The fourth-order valence-electron chi connectivity index (χ4n) is 1.80. The van der Waals surface area contributed by atoms with Crippen LogP contribution >= 0.6 is 0 Å². The van der Waals surface area contributed by atoms with Gasteiger partial charge in [0.2, 0.25) is 5.91 Å². The van der Waals surface area contributed by atoms with E-state index >= 15 is 0 Å². The second-order valence-corrected chi connectivity index (χ2v) is 4.52. The van der Waals surface area contributed by atoms with E-state index in [1.165, 1.54) is 6.07 Å². The molecule has 0 aromatic heterocycles. The smallest absolute Gasteiger partial charge is 0.224 e. The molecule has 18 heavy (non-hydrogen) atoms. The average molecular weight is 252 g/mol. The van der Waals surface area contributed by atoms with Crippen molar-refractivity contribution in [3.05, 3.63) is 35.1 Å². The molecular formula is C14H21FN2O. The Morgan fingerprint density at radius 3 is 2.83 bits per heavy atom. The molecule has 0 bridgehead atoms. The van der Waals surface area contributed by atoms with E-state index < -0.39 is 0 Å². The zero-order valence-corrected chi connectivity index (χ0v) is 11.0. The highest BCUT2D eigenvalue weighted by Crippen LogP contribution is 2.14. The molecule has 0 heterocycles. The minimum atomic E-state index is -0.368. The molecule has 0 aliphatic rings. The Hall–Kier alpha value is -1.42. The van der Waals surface area contributed by atoms with E-state index in [-0.39, 0.29) is 24.2 Å². The summed E-state index contributed by atoms with van der Waals surface area (Å²) in [6, 6.07) is 4.92. The quantitative estimate of drug-likeness (QED) is 0.811. The fraction of sp³-hybridized carbons (Fsp3) is 0.500. The molecule has 0 radical (unpaired) electrons. The van der Waals surface area contributed by atoms with Crippen molar-refractivity contribution in [2.24, 2.45) is 11.7 Å². The third-order valence-electron chi connectivity index (χ3n) is 2.87. The summed E-state index contributed by atoms with van der Waals surface area (Å²) in [4.78, 5) is 11.8. The summed E-state index contributed by atoms with van der Waals surface area (Å²) < 4.78 is 13.6. The Morgan fingerprint density at radius 1 is 1.50 bits per heavy atom. The van der Waals surface area contributed by atoms with E-state index in [0.29, 0.717) is 18.5 Å². The lowest BCUT2D eigenvalue weighted by Gasteiger charge is -2.15. The Balaban J connectivity index is 2.73. The van der Waals surface area contributed by atoms with Gasteiger partial charge in [0.15, 0.2) is 0 Å². The van der Waals surface area contributed by atoms with Crippen LogP contribution in [0.1, 0.15) is 24.5 Å². The van der Waals surface area contributed by atoms with Gasteiger partial charge in [-0.05, 0) is 31.4 Å². The summed E-state index contributed by atoms with van der Waals surface area (Å²) in [5.41, 5.74) is 7.13. The van der Waals surface area contributed by atoms with Crippen LogP contribution in [0.25, 0.3) is 0 Å². The van der Waals surface area contributed by atoms with Gasteiger partial charge in [0, 0.05) is 13.1 Å². The van der Waals surface area contributed by atoms with E-state index in [1.807, 2.05) is 13.8 Å². The molecule has 3 N–H and O–H groups in total. The molecule has 1 aromatic rings. The van der Waals surface area contributed by atoms with E-state index in [4.69, 9.17) is 5.73 Å². The first kappa shape index (κ1) is 14.6. The lowest BCUT2D eigenvalue weighted by atomic mass is 9.97. The van der Waals surface area contributed by atoms with Gasteiger partial charge in [-0.2, -0.15) is 0 Å². The maximum Gasteiger partial charge on any atom is 0.224 e. The SMILES string of the molecule is CCCNC(=O)C(CN)Cc1cc(C)ccc1F. The Morgan fingerprint density at radius 2 is 2.22 bits per heavy atom. The van der Waals surface area contributed by atoms with Crippen LogP contribution in [0.3, 0.4) is 0 Å². The fourth-order valence-corrected chi connectivity index (χ4v) is 1.80. The lowest BCUT2D eigenvalue weighted by molar-refractivity contribution is -0.124. The van der Waals surface area contributed by atoms with Gasteiger partial charge in [-0.3, -0.25) is 4.79 Å². The number of carbonyl (C=O) groups is 1. The second kappa shape index (κ2) is 7.11. The van der Waals surface area contributed by atoms with Gasteiger partial charge in [-0.25, -0.2) is 4.39 Å². The van der Waals surface area contributed by atoms with Crippen LogP contribution in [-0.2, 0) is 11.2 Å². The van der Waals surface area contributed by atoms with Crippen molar-refractivity contribution in [2.45, 2.75) is 26.7 Å². The van der Waals surface area contributed by atoms with Crippen LogP contribution in [0.2, 0.25) is 0 Å². The zero-order valence-electron chi connectivity index (χ0n) is 11.0. The number of amides is 1. The number of halogens is 1. The summed E-state index contributed by atoms with van der Waals surface area (Å²) in [6.45, 7) is 4.74. The monoisotopic (exact) mass is 252 g/mol. The van der Waals surface area contributed by atoms with Crippen LogP contribution in [0, 0.1) is 18.7 Å². The molecule has 1 amide bonds. The third-order valence-corrected chi connectivity index (χ3v) is 2.87. The predicted molar refractivity (Wildman–Crippen MR) is 70.7 cm³/mol. The molecule has 0 aliphatic carbocycles. The highest BCUT2D eigenvalue weighted by atomic mass is 19.1. The lowest BCUT2D eigenvalue weighted by Crippen LogP contribution is -2.36. The highest BCUT2D eigenvalue weighted by Gasteiger charge is 2.18. The molecule has 1 aromatic carbocycles. The molecule has 0 fully saturated rings. The maximum atomic E-state index is 13.6. The van der Waals surface area contributed by atoms with Crippen LogP contribution < -0.4 is 11.1 Å². The molecule has 1 atom stereocenters. The standard InChI is InChI=1S/C14H21FN2O/c1-3-6-17-14(18)12(9-16)8-11-7-10(2)4-5-13(11)15/h4-5,7,12H,3,6,8-9,16H2,1-2H3,(H,17,18). The number of aryl methyl sites for hydroxylation is 1. The molecule has 0 saturated carbocycles. The maximum absolute atomic E-state index is 13.6. The first-order chi connectivity index (χ1) is 8.58. The van der Waals surface area contributed by atoms with Crippen molar-refractivity contribution in [3.63, 3.8) is 0 Å². The van der Waals surface area contributed by atoms with Crippen molar-refractivity contribution >= 4 is 5.91 Å². The second-order valence-electron chi connectivity index (χ2n) is 4.52. The normalized spacial score (nSPS) is 12.2. The van der Waals surface area contributed by atoms with Gasteiger partial charge >= 0.3 is 0 Å². The zero-order chi connectivity index (χ0) is 13.5. The number of hydrogen-bond donors (Lipinski definition) is 2. The summed E-state index contributed by atoms with van der Waals surface area (Å²) in [6.07, 6.45) is 1.22. The average Bonchev–Trinajstić information content (AvgIpc) is 2.36. The molecule has 1 unspecified atom stereocenters. The largest absolute Gasteiger partial charge is 0.356 e. The summed E-state index contributed by atoms with van der Waals surface area (Å²) in [7, 11) is 0.